The van der Waals surface area contributed by atoms with Crippen LogP contribution < -0.4 is 5.32 Å². The molecule has 0 atom stereocenters. The van der Waals surface area contributed by atoms with Gasteiger partial charge >= 0.3 is 5.97 Å². The Labute approximate surface area is 175 Å². The van der Waals surface area contributed by atoms with Gasteiger partial charge in [-0.25, -0.2) is 4.79 Å². The second-order valence-corrected chi connectivity index (χ2v) is 9.28. The summed E-state index contributed by atoms with van der Waals surface area (Å²) in [5.41, 5.74) is -0.954. The SMILES string of the molecule is CC(=O)NC1(C(=O)OCC(=O)N(C2CCCCC2)C2CCCCC2)CCCCC1. The molecule has 1 N–H and O–H groups in total. The van der Waals surface area contributed by atoms with E-state index in [1.54, 1.807) is 0 Å². The lowest BCUT2D eigenvalue weighted by molar-refractivity contribution is -0.162. The van der Waals surface area contributed by atoms with E-state index in [2.05, 4.69) is 10.2 Å². The quantitative estimate of drug-likeness (QED) is 0.680. The first kappa shape index (κ1) is 22.1. The molecule has 0 bridgehead atoms. The Bertz CT molecular complexity index is 555. The average molecular weight is 407 g/mol. The molecule has 29 heavy (non-hydrogen) atoms. The van der Waals surface area contributed by atoms with E-state index in [-0.39, 0.29) is 30.5 Å². The highest BCUT2D eigenvalue weighted by atomic mass is 16.5. The van der Waals surface area contributed by atoms with Crippen LogP contribution in [0, 0.1) is 0 Å². The summed E-state index contributed by atoms with van der Waals surface area (Å²) in [6, 6.07) is 0.578. The largest absolute Gasteiger partial charge is 0.454 e. The Morgan fingerprint density at radius 3 is 1.79 bits per heavy atom. The van der Waals surface area contributed by atoms with Gasteiger partial charge < -0.3 is 15.0 Å². The standard InChI is InChI=1S/C23H38N2O4/c1-18(26)24-23(15-9-4-10-16-23)22(28)29-17-21(27)25(19-11-5-2-6-12-19)20-13-7-3-8-14-20/h19-20H,2-17H2,1H3,(H,24,26). The second kappa shape index (κ2) is 10.4. The molecular weight excluding hydrogens is 368 g/mol. The van der Waals surface area contributed by atoms with Crippen LogP contribution in [0.2, 0.25) is 0 Å². The normalized spacial score (nSPS) is 23.2. The molecule has 0 unspecified atom stereocenters. The molecular formula is C23H38N2O4. The molecule has 2 amide bonds. The van der Waals surface area contributed by atoms with Crippen LogP contribution in [0.4, 0.5) is 0 Å². The molecule has 0 aromatic rings. The molecule has 3 aliphatic carbocycles. The van der Waals surface area contributed by atoms with Gasteiger partial charge in [0.15, 0.2) is 6.61 Å². The molecule has 3 fully saturated rings. The first-order valence-electron chi connectivity index (χ1n) is 11.8. The number of amides is 2. The number of nitrogens with one attached hydrogen (secondary N) is 1. The summed E-state index contributed by atoms with van der Waals surface area (Å²) >= 11 is 0. The van der Waals surface area contributed by atoms with Crippen LogP contribution in [-0.2, 0) is 19.1 Å². The number of carbonyl (C=O) groups excluding carboxylic acids is 3. The van der Waals surface area contributed by atoms with Crippen molar-refractivity contribution in [2.24, 2.45) is 0 Å². The predicted octanol–water partition coefficient (Wildman–Crippen LogP) is 3.86. The molecule has 0 aromatic carbocycles. The topological polar surface area (TPSA) is 75.7 Å². The van der Waals surface area contributed by atoms with Crippen molar-refractivity contribution < 1.29 is 19.1 Å². The van der Waals surface area contributed by atoms with Gasteiger partial charge in [0.2, 0.25) is 5.91 Å². The lowest BCUT2D eigenvalue weighted by atomic mass is 9.81. The van der Waals surface area contributed by atoms with E-state index in [1.165, 1.54) is 45.4 Å². The maximum absolute atomic E-state index is 13.2. The maximum atomic E-state index is 13.2. The monoisotopic (exact) mass is 406 g/mol. The van der Waals surface area contributed by atoms with Crippen LogP contribution in [0.3, 0.4) is 0 Å². The van der Waals surface area contributed by atoms with Crippen LogP contribution in [0.15, 0.2) is 0 Å². The molecule has 164 valence electrons. The molecule has 0 heterocycles. The van der Waals surface area contributed by atoms with Gasteiger partial charge in [-0.1, -0.05) is 57.8 Å². The van der Waals surface area contributed by atoms with E-state index in [9.17, 15) is 14.4 Å². The Morgan fingerprint density at radius 2 is 1.31 bits per heavy atom. The smallest absolute Gasteiger partial charge is 0.332 e. The zero-order valence-corrected chi connectivity index (χ0v) is 18.0. The molecule has 0 aliphatic heterocycles. The molecule has 3 saturated carbocycles. The van der Waals surface area contributed by atoms with Crippen molar-refractivity contribution in [3.63, 3.8) is 0 Å². The van der Waals surface area contributed by atoms with Gasteiger partial charge in [0.1, 0.15) is 5.54 Å². The van der Waals surface area contributed by atoms with E-state index in [1.807, 2.05) is 0 Å². The lowest BCUT2D eigenvalue weighted by Gasteiger charge is -2.42. The summed E-state index contributed by atoms with van der Waals surface area (Å²) in [6.45, 7) is 1.23. The summed E-state index contributed by atoms with van der Waals surface area (Å²) in [5.74, 6) is -0.708. The van der Waals surface area contributed by atoms with Crippen LogP contribution in [0.1, 0.15) is 103 Å². The zero-order chi connectivity index (χ0) is 20.7. The summed E-state index contributed by atoms with van der Waals surface area (Å²) in [4.78, 5) is 39.9. The number of hydrogen-bond donors (Lipinski definition) is 1. The minimum atomic E-state index is -0.954. The minimum Gasteiger partial charge on any atom is -0.454 e. The van der Waals surface area contributed by atoms with E-state index >= 15 is 0 Å². The number of ether oxygens (including phenoxy) is 1. The van der Waals surface area contributed by atoms with E-state index in [0.717, 1.165) is 44.9 Å². The Morgan fingerprint density at radius 1 is 0.828 bits per heavy atom. The van der Waals surface area contributed by atoms with Crippen molar-refractivity contribution in [1.82, 2.24) is 10.2 Å². The number of esters is 1. The van der Waals surface area contributed by atoms with Gasteiger partial charge in [0.05, 0.1) is 0 Å². The molecule has 0 spiro atoms. The van der Waals surface area contributed by atoms with Crippen LogP contribution in [-0.4, -0.2) is 46.9 Å². The Kier molecular flexibility index (Phi) is 7.96. The Balaban J connectivity index is 1.64. The van der Waals surface area contributed by atoms with Crippen molar-refractivity contribution in [2.45, 2.75) is 121 Å². The third-order valence-electron chi connectivity index (χ3n) is 7.06. The van der Waals surface area contributed by atoms with Crippen molar-refractivity contribution >= 4 is 17.8 Å². The van der Waals surface area contributed by atoms with Gasteiger partial charge in [0.25, 0.3) is 5.91 Å². The zero-order valence-electron chi connectivity index (χ0n) is 18.0. The van der Waals surface area contributed by atoms with Gasteiger partial charge in [0, 0.05) is 19.0 Å². The fourth-order valence-corrected chi connectivity index (χ4v) is 5.64. The maximum Gasteiger partial charge on any atom is 0.332 e. The van der Waals surface area contributed by atoms with Crippen LogP contribution in [0.5, 0.6) is 0 Å². The summed E-state index contributed by atoms with van der Waals surface area (Å²) < 4.78 is 5.57. The van der Waals surface area contributed by atoms with Crippen LogP contribution in [0.25, 0.3) is 0 Å². The van der Waals surface area contributed by atoms with Crippen LogP contribution >= 0.6 is 0 Å². The van der Waals surface area contributed by atoms with Crippen molar-refractivity contribution in [2.75, 3.05) is 6.61 Å². The summed E-state index contributed by atoms with van der Waals surface area (Å²) in [5, 5.41) is 2.84. The molecule has 6 nitrogen and oxygen atoms in total. The second-order valence-electron chi connectivity index (χ2n) is 9.28. The van der Waals surface area contributed by atoms with E-state index in [0.29, 0.717) is 12.8 Å². The third-order valence-corrected chi connectivity index (χ3v) is 7.06. The molecule has 0 radical (unpaired) electrons. The van der Waals surface area contributed by atoms with Gasteiger partial charge in [-0.3, -0.25) is 9.59 Å². The molecule has 0 aromatic heterocycles. The molecule has 0 saturated heterocycles. The van der Waals surface area contributed by atoms with Crippen molar-refractivity contribution in [3.8, 4) is 0 Å². The van der Waals surface area contributed by atoms with Gasteiger partial charge in [-0.05, 0) is 38.5 Å². The number of rotatable bonds is 6. The van der Waals surface area contributed by atoms with E-state index < -0.39 is 11.5 Å². The molecule has 6 heteroatoms. The highest BCUT2D eigenvalue weighted by molar-refractivity contribution is 5.89. The first-order valence-corrected chi connectivity index (χ1v) is 11.8. The fourth-order valence-electron chi connectivity index (χ4n) is 5.64. The van der Waals surface area contributed by atoms with Gasteiger partial charge in [-0.2, -0.15) is 0 Å². The van der Waals surface area contributed by atoms with Crippen molar-refractivity contribution in [1.29, 1.82) is 0 Å². The fraction of sp³-hybridized carbons (Fsp3) is 0.870. The van der Waals surface area contributed by atoms with Gasteiger partial charge in [-0.15, -0.1) is 0 Å². The van der Waals surface area contributed by atoms with Crippen molar-refractivity contribution in [3.05, 3.63) is 0 Å². The molecule has 3 rings (SSSR count). The highest BCUT2D eigenvalue weighted by Crippen LogP contribution is 2.32. The molecule has 3 aliphatic rings. The van der Waals surface area contributed by atoms with E-state index in [4.69, 9.17) is 4.74 Å². The Hall–Kier alpha value is -1.59. The summed E-state index contributed by atoms with van der Waals surface area (Å²) in [6.07, 6.45) is 15.5. The predicted molar refractivity (Wildman–Crippen MR) is 111 cm³/mol. The first-order chi connectivity index (χ1) is 14.0. The number of carbonyl (C=O) groups is 3. The summed E-state index contributed by atoms with van der Waals surface area (Å²) in [7, 11) is 0. The average Bonchev–Trinajstić information content (AvgIpc) is 2.74. The minimum absolute atomic E-state index is 0.0501. The number of hydrogen-bond acceptors (Lipinski definition) is 4. The number of nitrogens with zero attached hydrogens (tertiary/aromatic N) is 1. The highest BCUT2D eigenvalue weighted by Gasteiger charge is 2.42. The third kappa shape index (κ3) is 5.73. The lowest BCUT2D eigenvalue weighted by Crippen LogP contribution is -2.56.